The van der Waals surface area contributed by atoms with Crippen molar-refractivity contribution in [1.29, 1.82) is 0 Å². The first-order valence-corrected chi connectivity index (χ1v) is 8.40. The van der Waals surface area contributed by atoms with Gasteiger partial charge in [0.15, 0.2) is 0 Å². The summed E-state index contributed by atoms with van der Waals surface area (Å²) in [6.45, 7) is 1.37. The summed E-state index contributed by atoms with van der Waals surface area (Å²) >= 11 is 1.85. The molecule has 0 spiro atoms. The van der Waals surface area contributed by atoms with Crippen molar-refractivity contribution in [1.82, 2.24) is 25.4 Å². The minimum atomic E-state index is -0.106. The van der Waals surface area contributed by atoms with E-state index in [0.29, 0.717) is 6.54 Å². The van der Waals surface area contributed by atoms with Crippen LogP contribution < -0.4 is 10.6 Å². The second-order valence-corrected chi connectivity index (χ2v) is 6.28. The molecule has 0 saturated heterocycles. The Bertz CT molecular complexity index is 616. The zero-order valence-electron chi connectivity index (χ0n) is 12.2. The van der Waals surface area contributed by atoms with Gasteiger partial charge in [0.2, 0.25) is 0 Å². The monoisotopic (exact) mass is 317 g/mol. The van der Waals surface area contributed by atoms with Crippen LogP contribution in [-0.4, -0.2) is 33.1 Å². The summed E-state index contributed by atoms with van der Waals surface area (Å²) in [5, 5.41) is 10.0. The quantitative estimate of drug-likeness (QED) is 0.829. The second-order valence-electron chi connectivity index (χ2n) is 5.14. The number of carbonyl (C=O) groups excluding carboxylic acids is 1. The van der Waals surface area contributed by atoms with Crippen molar-refractivity contribution in [3.05, 3.63) is 42.5 Å². The highest BCUT2D eigenvalue weighted by Crippen LogP contribution is 2.35. The molecule has 2 aromatic rings. The zero-order chi connectivity index (χ0) is 15.2. The highest BCUT2D eigenvalue weighted by molar-refractivity contribution is 7.99. The van der Waals surface area contributed by atoms with Crippen molar-refractivity contribution in [3.63, 3.8) is 0 Å². The maximum absolute atomic E-state index is 12.0. The molecule has 0 bridgehead atoms. The van der Waals surface area contributed by atoms with Gasteiger partial charge in [-0.1, -0.05) is 18.2 Å². The van der Waals surface area contributed by atoms with Gasteiger partial charge in [0.1, 0.15) is 12.7 Å². The third kappa shape index (κ3) is 3.79. The van der Waals surface area contributed by atoms with Crippen LogP contribution in [0.3, 0.4) is 0 Å². The summed E-state index contributed by atoms with van der Waals surface area (Å²) in [4.78, 5) is 17.2. The molecule has 1 aliphatic rings. The molecule has 2 amide bonds. The number of nitrogens with one attached hydrogen (secondary N) is 2. The van der Waals surface area contributed by atoms with Crippen LogP contribution in [-0.2, 0) is 6.54 Å². The third-order valence-electron chi connectivity index (χ3n) is 3.58. The molecule has 1 aliphatic heterocycles. The molecule has 6 nitrogen and oxygen atoms in total. The second kappa shape index (κ2) is 7.31. The number of thioether (sulfide) groups is 1. The number of fused-ring (bicyclic) bond motifs is 1. The number of rotatable bonds is 5. The first-order valence-electron chi connectivity index (χ1n) is 7.41. The van der Waals surface area contributed by atoms with Gasteiger partial charge in [0.05, 0.1) is 6.04 Å². The van der Waals surface area contributed by atoms with E-state index in [1.165, 1.54) is 16.8 Å². The molecule has 0 aliphatic carbocycles. The summed E-state index contributed by atoms with van der Waals surface area (Å²) < 4.78 is 1.76. The van der Waals surface area contributed by atoms with Crippen LogP contribution >= 0.6 is 11.8 Å². The molecular weight excluding hydrogens is 298 g/mol. The minimum absolute atomic E-state index is 0.104. The first kappa shape index (κ1) is 14.9. The molecule has 1 aromatic carbocycles. The lowest BCUT2D eigenvalue weighted by Crippen LogP contribution is -2.39. The van der Waals surface area contributed by atoms with Crippen LogP contribution in [0.15, 0.2) is 41.8 Å². The van der Waals surface area contributed by atoms with E-state index in [1.54, 1.807) is 11.0 Å². The Balaban J connectivity index is 1.44. The van der Waals surface area contributed by atoms with Gasteiger partial charge in [-0.25, -0.2) is 9.78 Å². The third-order valence-corrected chi connectivity index (χ3v) is 4.70. The molecule has 7 heteroatoms. The van der Waals surface area contributed by atoms with Gasteiger partial charge in [-0.15, -0.1) is 11.8 Å². The van der Waals surface area contributed by atoms with Gasteiger partial charge >= 0.3 is 6.03 Å². The van der Waals surface area contributed by atoms with E-state index in [0.717, 1.165) is 25.1 Å². The molecule has 1 atom stereocenters. The fourth-order valence-electron chi connectivity index (χ4n) is 2.49. The molecule has 22 heavy (non-hydrogen) atoms. The lowest BCUT2D eigenvalue weighted by atomic mass is 10.0. The van der Waals surface area contributed by atoms with E-state index >= 15 is 0 Å². The summed E-state index contributed by atoms with van der Waals surface area (Å²) in [5.74, 6) is 1.04. The van der Waals surface area contributed by atoms with Gasteiger partial charge < -0.3 is 10.6 Å². The van der Waals surface area contributed by atoms with Gasteiger partial charge in [0.25, 0.3) is 0 Å². The smallest absolute Gasteiger partial charge is 0.315 e. The summed E-state index contributed by atoms with van der Waals surface area (Å²) in [6.07, 6.45) is 4.98. The molecule has 0 unspecified atom stereocenters. The summed E-state index contributed by atoms with van der Waals surface area (Å²) in [7, 11) is 0. The lowest BCUT2D eigenvalue weighted by Gasteiger charge is -2.25. The van der Waals surface area contributed by atoms with Crippen molar-refractivity contribution in [3.8, 4) is 0 Å². The topological polar surface area (TPSA) is 71.8 Å². The predicted molar refractivity (Wildman–Crippen MR) is 85.7 cm³/mol. The maximum Gasteiger partial charge on any atom is 0.315 e. The van der Waals surface area contributed by atoms with Crippen molar-refractivity contribution < 1.29 is 4.79 Å². The molecule has 116 valence electrons. The van der Waals surface area contributed by atoms with Gasteiger partial charge in [-0.2, -0.15) is 5.10 Å². The van der Waals surface area contributed by atoms with E-state index in [2.05, 4.69) is 32.8 Å². The average Bonchev–Trinajstić information content (AvgIpc) is 3.05. The number of aromatic nitrogens is 3. The molecule has 3 rings (SSSR count). The van der Waals surface area contributed by atoms with E-state index in [-0.39, 0.29) is 12.1 Å². The molecule has 2 N–H and O–H groups in total. The SMILES string of the molecule is O=C(NCCCn1cncn1)N[C@H]1CCSc2ccccc21. The molecular formula is C15H19N5OS. The molecule has 0 radical (unpaired) electrons. The van der Waals surface area contributed by atoms with Crippen LogP contribution in [0.4, 0.5) is 4.79 Å². The van der Waals surface area contributed by atoms with Crippen molar-refractivity contribution in [2.75, 3.05) is 12.3 Å². The van der Waals surface area contributed by atoms with Crippen molar-refractivity contribution in [2.24, 2.45) is 0 Å². The molecule has 0 saturated carbocycles. The van der Waals surface area contributed by atoms with Crippen LogP contribution in [0.2, 0.25) is 0 Å². The standard InChI is InChI=1S/C15H19N5OS/c21-15(17-7-3-8-20-11-16-10-18-20)19-13-6-9-22-14-5-2-1-4-12(13)14/h1-2,4-5,10-11,13H,3,6-9H2,(H2,17,19,21)/t13-/m0/s1. The number of nitrogens with zero attached hydrogens (tertiary/aromatic N) is 3. The summed E-state index contributed by atoms with van der Waals surface area (Å²) in [6, 6.07) is 8.27. The Labute approximate surface area is 133 Å². The highest BCUT2D eigenvalue weighted by Gasteiger charge is 2.21. The van der Waals surface area contributed by atoms with Crippen molar-refractivity contribution in [2.45, 2.75) is 30.3 Å². The van der Waals surface area contributed by atoms with E-state index in [4.69, 9.17) is 0 Å². The van der Waals surface area contributed by atoms with E-state index in [1.807, 2.05) is 23.9 Å². The van der Waals surface area contributed by atoms with Gasteiger partial charge in [0, 0.05) is 23.7 Å². The largest absolute Gasteiger partial charge is 0.338 e. The van der Waals surface area contributed by atoms with Crippen molar-refractivity contribution >= 4 is 17.8 Å². The van der Waals surface area contributed by atoms with Crippen LogP contribution in [0.5, 0.6) is 0 Å². The number of amides is 2. The Morgan fingerprint density at radius 3 is 3.18 bits per heavy atom. The lowest BCUT2D eigenvalue weighted by molar-refractivity contribution is 0.236. The normalized spacial score (nSPS) is 16.8. The van der Waals surface area contributed by atoms with Crippen LogP contribution in [0, 0.1) is 0 Å². The number of benzene rings is 1. The molecule has 0 fully saturated rings. The fourth-order valence-corrected chi connectivity index (χ4v) is 3.62. The number of hydrogen-bond donors (Lipinski definition) is 2. The van der Waals surface area contributed by atoms with Gasteiger partial charge in [-0.3, -0.25) is 4.68 Å². The Morgan fingerprint density at radius 1 is 1.41 bits per heavy atom. The average molecular weight is 317 g/mol. The van der Waals surface area contributed by atoms with Gasteiger partial charge in [-0.05, 0) is 24.5 Å². The number of urea groups is 1. The number of aryl methyl sites for hydroxylation is 1. The first-order chi connectivity index (χ1) is 10.8. The van der Waals surface area contributed by atoms with Crippen LogP contribution in [0.1, 0.15) is 24.4 Å². The number of carbonyl (C=O) groups is 1. The zero-order valence-corrected chi connectivity index (χ0v) is 13.1. The van der Waals surface area contributed by atoms with E-state index in [9.17, 15) is 4.79 Å². The highest BCUT2D eigenvalue weighted by atomic mass is 32.2. The predicted octanol–water partition coefficient (Wildman–Crippen LogP) is 2.20. The fraction of sp³-hybridized carbons (Fsp3) is 0.400. The van der Waals surface area contributed by atoms with E-state index < -0.39 is 0 Å². The Kier molecular flexibility index (Phi) is 4.95. The van der Waals surface area contributed by atoms with Crippen LogP contribution in [0.25, 0.3) is 0 Å². The Hall–Kier alpha value is -2.02. The number of hydrogen-bond acceptors (Lipinski definition) is 4. The molecule has 1 aromatic heterocycles. The minimum Gasteiger partial charge on any atom is -0.338 e. The Morgan fingerprint density at radius 2 is 2.32 bits per heavy atom. The summed E-state index contributed by atoms with van der Waals surface area (Å²) in [5.41, 5.74) is 1.22. The maximum atomic E-state index is 12.0. The molecule has 2 heterocycles.